The fourth-order valence-electron chi connectivity index (χ4n) is 1.51. The number of carbonyl (C=O) groups is 1. The largest absolute Gasteiger partial charge is 0.369 e. The summed E-state index contributed by atoms with van der Waals surface area (Å²) in [6.45, 7) is 2.09. The highest BCUT2D eigenvalue weighted by Gasteiger charge is 2.16. The Hall–Kier alpha value is -2.02. The molecule has 0 aliphatic carbocycles. The monoisotopic (exact) mass is 278 g/mol. The van der Waals surface area contributed by atoms with Crippen LogP contribution in [0.3, 0.4) is 0 Å². The molecule has 0 saturated heterocycles. The number of nitrogens with two attached hydrogens (primary N) is 1. The molecule has 1 heterocycles. The van der Waals surface area contributed by atoms with Crippen LogP contribution in [0, 0.1) is 0 Å². The molecule has 3 N–H and O–H groups in total. The Balaban J connectivity index is 2.23. The molecule has 2 aromatic rings. The van der Waals surface area contributed by atoms with E-state index in [4.69, 9.17) is 5.73 Å². The molecule has 0 radical (unpaired) electrons. The predicted octanol–water partition coefficient (Wildman–Crippen LogP) is 0.586. The van der Waals surface area contributed by atoms with Crippen LogP contribution in [0.15, 0.2) is 40.3 Å². The van der Waals surface area contributed by atoms with Crippen molar-refractivity contribution in [3.63, 3.8) is 0 Å². The van der Waals surface area contributed by atoms with Crippen molar-refractivity contribution >= 4 is 17.7 Å². The quantitative estimate of drug-likeness (QED) is 0.782. The van der Waals surface area contributed by atoms with Crippen LogP contribution in [-0.2, 0) is 11.3 Å². The van der Waals surface area contributed by atoms with Crippen LogP contribution in [0.2, 0.25) is 0 Å². The number of benzene rings is 1. The summed E-state index contributed by atoms with van der Waals surface area (Å²) in [5, 5.41) is 6.32. The molecule has 0 unspecified atom stereocenters. The summed E-state index contributed by atoms with van der Waals surface area (Å²) < 4.78 is 1.49. The molecule has 0 spiro atoms. The first kappa shape index (κ1) is 13.4. The molecule has 1 aromatic heterocycles. The third-order valence-electron chi connectivity index (χ3n) is 2.59. The number of hydrogen-bond donors (Lipinski definition) is 2. The number of aromatic nitrogens is 3. The van der Waals surface area contributed by atoms with E-state index in [0.29, 0.717) is 11.7 Å². The number of H-pyrrole nitrogens is 1. The number of rotatable bonds is 5. The molecule has 0 aliphatic heterocycles. The Morgan fingerprint density at radius 3 is 2.79 bits per heavy atom. The number of hydrogen-bond acceptors (Lipinski definition) is 4. The zero-order valence-electron chi connectivity index (χ0n) is 10.4. The molecular weight excluding hydrogens is 264 g/mol. The first-order valence-corrected chi connectivity index (χ1v) is 6.61. The van der Waals surface area contributed by atoms with E-state index in [1.807, 2.05) is 30.3 Å². The van der Waals surface area contributed by atoms with Gasteiger partial charge in [0, 0.05) is 0 Å². The van der Waals surface area contributed by atoms with E-state index in [1.54, 1.807) is 6.92 Å². The van der Waals surface area contributed by atoms with Gasteiger partial charge in [-0.1, -0.05) is 42.1 Å². The Morgan fingerprint density at radius 1 is 1.47 bits per heavy atom. The van der Waals surface area contributed by atoms with E-state index in [-0.39, 0.29) is 5.69 Å². The number of carbonyl (C=O) groups excluding carboxylic acids is 1. The van der Waals surface area contributed by atoms with Crippen LogP contribution in [0.1, 0.15) is 12.5 Å². The second-order valence-corrected chi connectivity index (χ2v) is 5.35. The van der Waals surface area contributed by atoms with Gasteiger partial charge >= 0.3 is 5.69 Å². The van der Waals surface area contributed by atoms with Crippen molar-refractivity contribution in [3.8, 4) is 0 Å². The average Bonchev–Trinajstić information content (AvgIpc) is 2.72. The topological polar surface area (TPSA) is 93.8 Å². The van der Waals surface area contributed by atoms with E-state index in [2.05, 4.69) is 10.2 Å². The summed E-state index contributed by atoms with van der Waals surface area (Å²) in [5.74, 6) is -0.438. The lowest BCUT2D eigenvalue weighted by Gasteiger charge is -2.08. The lowest BCUT2D eigenvalue weighted by molar-refractivity contribution is -0.117. The standard InChI is InChI=1S/C12H14N4O2S/c1-8(10(13)17)19-12-15-14-11(18)16(12)7-9-5-3-2-4-6-9/h2-6,8H,7H2,1H3,(H2,13,17)(H,14,18)/t8-/m0/s1. The van der Waals surface area contributed by atoms with Crippen molar-refractivity contribution in [1.29, 1.82) is 0 Å². The van der Waals surface area contributed by atoms with Crippen molar-refractivity contribution in [2.45, 2.75) is 23.9 Å². The molecule has 0 saturated carbocycles. The van der Waals surface area contributed by atoms with Crippen LogP contribution in [0.5, 0.6) is 0 Å². The average molecular weight is 278 g/mol. The van der Waals surface area contributed by atoms with Crippen molar-refractivity contribution in [2.24, 2.45) is 5.73 Å². The summed E-state index contributed by atoms with van der Waals surface area (Å²) in [4.78, 5) is 22.8. The first-order valence-electron chi connectivity index (χ1n) is 5.73. The van der Waals surface area contributed by atoms with E-state index >= 15 is 0 Å². The first-order chi connectivity index (χ1) is 9.08. The minimum absolute atomic E-state index is 0.303. The second kappa shape index (κ2) is 5.75. The van der Waals surface area contributed by atoms with Gasteiger partial charge in [-0.25, -0.2) is 9.89 Å². The van der Waals surface area contributed by atoms with E-state index in [9.17, 15) is 9.59 Å². The van der Waals surface area contributed by atoms with Crippen LogP contribution in [0.25, 0.3) is 0 Å². The summed E-state index contributed by atoms with van der Waals surface area (Å²) in [7, 11) is 0. The maximum Gasteiger partial charge on any atom is 0.344 e. The molecule has 1 aromatic carbocycles. The molecule has 0 bridgehead atoms. The van der Waals surface area contributed by atoms with E-state index < -0.39 is 11.2 Å². The van der Waals surface area contributed by atoms with Gasteiger partial charge in [0.1, 0.15) is 0 Å². The van der Waals surface area contributed by atoms with Crippen molar-refractivity contribution < 1.29 is 4.79 Å². The Bertz CT molecular complexity index is 620. The predicted molar refractivity (Wildman–Crippen MR) is 72.9 cm³/mol. The van der Waals surface area contributed by atoms with Gasteiger partial charge in [-0.05, 0) is 12.5 Å². The van der Waals surface area contributed by atoms with Gasteiger partial charge in [-0.3, -0.25) is 9.36 Å². The smallest absolute Gasteiger partial charge is 0.344 e. The Morgan fingerprint density at radius 2 is 2.16 bits per heavy atom. The molecule has 7 heteroatoms. The van der Waals surface area contributed by atoms with Crippen LogP contribution in [0.4, 0.5) is 0 Å². The molecule has 1 atom stereocenters. The lowest BCUT2D eigenvalue weighted by Crippen LogP contribution is -2.24. The zero-order valence-corrected chi connectivity index (χ0v) is 11.2. The molecule has 2 rings (SSSR count). The summed E-state index contributed by atoms with van der Waals surface area (Å²) in [6, 6.07) is 9.56. The molecule has 100 valence electrons. The SMILES string of the molecule is C[C@H](Sc1n[nH]c(=O)n1Cc1ccccc1)C(N)=O. The number of aromatic amines is 1. The number of primary amides is 1. The van der Waals surface area contributed by atoms with E-state index in [0.717, 1.165) is 17.3 Å². The fraction of sp³-hybridized carbons (Fsp3) is 0.250. The van der Waals surface area contributed by atoms with Crippen molar-refractivity contribution in [1.82, 2.24) is 14.8 Å². The van der Waals surface area contributed by atoms with Gasteiger partial charge in [0.05, 0.1) is 11.8 Å². The molecule has 0 aliphatic rings. The molecular formula is C12H14N4O2S. The number of amides is 1. The second-order valence-electron chi connectivity index (χ2n) is 4.05. The summed E-state index contributed by atoms with van der Waals surface area (Å²) >= 11 is 1.16. The van der Waals surface area contributed by atoms with Gasteiger partial charge in [-0.15, -0.1) is 5.10 Å². The van der Waals surface area contributed by atoms with Crippen LogP contribution >= 0.6 is 11.8 Å². The minimum atomic E-state index is -0.440. The minimum Gasteiger partial charge on any atom is -0.369 e. The van der Waals surface area contributed by atoms with Crippen molar-refractivity contribution in [2.75, 3.05) is 0 Å². The molecule has 19 heavy (non-hydrogen) atoms. The maximum absolute atomic E-state index is 11.7. The third kappa shape index (κ3) is 3.25. The van der Waals surface area contributed by atoms with Gasteiger partial charge < -0.3 is 5.73 Å². The van der Waals surface area contributed by atoms with Gasteiger partial charge in [0.25, 0.3) is 0 Å². The van der Waals surface area contributed by atoms with Gasteiger partial charge in [0.2, 0.25) is 5.91 Å². The summed E-state index contributed by atoms with van der Waals surface area (Å²) in [6.07, 6.45) is 0. The third-order valence-corrected chi connectivity index (χ3v) is 3.70. The lowest BCUT2D eigenvalue weighted by atomic mass is 10.2. The van der Waals surface area contributed by atoms with E-state index in [1.165, 1.54) is 4.57 Å². The molecule has 1 amide bonds. The number of nitrogens with one attached hydrogen (secondary N) is 1. The normalized spacial score (nSPS) is 12.3. The zero-order chi connectivity index (χ0) is 13.8. The number of thioether (sulfide) groups is 1. The highest BCUT2D eigenvalue weighted by atomic mass is 32.2. The Labute approximate surface area is 114 Å². The molecule has 0 fully saturated rings. The highest BCUT2D eigenvalue weighted by molar-refractivity contribution is 8.00. The van der Waals surface area contributed by atoms with Gasteiger partial charge in [0.15, 0.2) is 5.16 Å². The fourth-order valence-corrected chi connectivity index (χ4v) is 2.32. The van der Waals surface area contributed by atoms with Crippen LogP contribution < -0.4 is 11.4 Å². The highest BCUT2D eigenvalue weighted by Crippen LogP contribution is 2.19. The maximum atomic E-state index is 11.7. The number of nitrogens with zero attached hydrogens (tertiary/aromatic N) is 2. The summed E-state index contributed by atoms with van der Waals surface area (Å²) in [5.41, 5.74) is 5.89. The van der Waals surface area contributed by atoms with Crippen LogP contribution in [-0.4, -0.2) is 25.9 Å². The Kier molecular flexibility index (Phi) is 4.06. The molecule has 6 nitrogen and oxygen atoms in total. The van der Waals surface area contributed by atoms with Crippen molar-refractivity contribution in [3.05, 3.63) is 46.4 Å². The van der Waals surface area contributed by atoms with Gasteiger partial charge in [-0.2, -0.15) is 0 Å².